The van der Waals surface area contributed by atoms with Crippen molar-refractivity contribution >= 4 is 0 Å². The van der Waals surface area contributed by atoms with Gasteiger partial charge in [-0.1, -0.05) is 13.3 Å². The first-order valence-corrected chi connectivity index (χ1v) is 6.06. The van der Waals surface area contributed by atoms with Crippen molar-refractivity contribution in [3.05, 3.63) is 0 Å². The maximum atomic E-state index is 10.0. The van der Waals surface area contributed by atoms with Crippen LogP contribution in [0.2, 0.25) is 0 Å². The zero-order chi connectivity index (χ0) is 11.1. The number of hydrogen-bond donors (Lipinski definition) is 1. The summed E-state index contributed by atoms with van der Waals surface area (Å²) < 4.78 is 10.6. The Morgan fingerprint density at radius 1 is 1.40 bits per heavy atom. The lowest BCUT2D eigenvalue weighted by atomic mass is 9.91. The van der Waals surface area contributed by atoms with E-state index in [0.29, 0.717) is 5.92 Å². The number of aliphatic hydroxyl groups excluding tert-OH is 1. The Morgan fingerprint density at radius 3 is 2.60 bits per heavy atom. The van der Waals surface area contributed by atoms with Crippen molar-refractivity contribution in [2.24, 2.45) is 5.92 Å². The van der Waals surface area contributed by atoms with E-state index in [9.17, 15) is 5.11 Å². The van der Waals surface area contributed by atoms with Crippen molar-refractivity contribution in [2.75, 3.05) is 20.3 Å². The minimum atomic E-state index is -0.307. The van der Waals surface area contributed by atoms with Crippen LogP contribution in [-0.4, -0.2) is 37.6 Å². The molecule has 0 saturated carbocycles. The van der Waals surface area contributed by atoms with Crippen molar-refractivity contribution < 1.29 is 14.6 Å². The summed E-state index contributed by atoms with van der Waals surface area (Å²) in [7, 11) is 1.69. The van der Waals surface area contributed by atoms with E-state index < -0.39 is 0 Å². The molecule has 1 heterocycles. The van der Waals surface area contributed by atoms with Crippen molar-refractivity contribution in [1.29, 1.82) is 0 Å². The van der Waals surface area contributed by atoms with Gasteiger partial charge in [-0.3, -0.25) is 0 Å². The van der Waals surface area contributed by atoms with E-state index in [1.807, 2.05) is 0 Å². The first-order chi connectivity index (χ1) is 7.27. The van der Waals surface area contributed by atoms with Crippen LogP contribution in [0.1, 0.15) is 39.0 Å². The molecule has 1 saturated heterocycles. The first kappa shape index (κ1) is 12.9. The zero-order valence-electron chi connectivity index (χ0n) is 9.95. The summed E-state index contributed by atoms with van der Waals surface area (Å²) in [6, 6.07) is 0. The van der Waals surface area contributed by atoms with Crippen LogP contribution in [0.25, 0.3) is 0 Å². The number of ether oxygens (including phenoxy) is 2. The number of aliphatic hydroxyl groups is 1. The molecule has 3 nitrogen and oxygen atoms in total. The summed E-state index contributed by atoms with van der Waals surface area (Å²) in [5.41, 5.74) is 0. The van der Waals surface area contributed by atoms with Gasteiger partial charge in [0.2, 0.25) is 0 Å². The topological polar surface area (TPSA) is 38.7 Å². The maximum absolute atomic E-state index is 10.0. The second-order valence-electron chi connectivity index (χ2n) is 4.42. The Labute approximate surface area is 92.8 Å². The molecule has 0 aromatic rings. The standard InChI is InChI=1S/C12H24O3/c1-3-4-12(14-2)11(13)9-10-5-7-15-8-6-10/h10-13H,3-9H2,1-2H3. The number of hydrogen-bond acceptors (Lipinski definition) is 3. The lowest BCUT2D eigenvalue weighted by Crippen LogP contribution is -2.31. The molecule has 2 unspecified atom stereocenters. The van der Waals surface area contributed by atoms with Crippen LogP contribution < -0.4 is 0 Å². The van der Waals surface area contributed by atoms with Gasteiger partial charge in [-0.15, -0.1) is 0 Å². The molecule has 0 aliphatic carbocycles. The molecule has 15 heavy (non-hydrogen) atoms. The van der Waals surface area contributed by atoms with Crippen LogP contribution in [0, 0.1) is 5.92 Å². The lowest BCUT2D eigenvalue weighted by molar-refractivity contribution is -0.0374. The predicted molar refractivity (Wildman–Crippen MR) is 59.9 cm³/mol. The highest BCUT2D eigenvalue weighted by Gasteiger charge is 2.23. The van der Waals surface area contributed by atoms with Gasteiger partial charge in [0.05, 0.1) is 12.2 Å². The molecule has 1 aliphatic heterocycles. The monoisotopic (exact) mass is 216 g/mol. The van der Waals surface area contributed by atoms with Crippen molar-refractivity contribution in [1.82, 2.24) is 0 Å². The van der Waals surface area contributed by atoms with Gasteiger partial charge >= 0.3 is 0 Å². The molecule has 0 radical (unpaired) electrons. The fourth-order valence-electron chi connectivity index (χ4n) is 2.23. The molecule has 3 heteroatoms. The Kier molecular flexibility index (Phi) is 6.22. The fourth-order valence-corrected chi connectivity index (χ4v) is 2.23. The minimum Gasteiger partial charge on any atom is -0.390 e. The molecule has 0 aromatic heterocycles. The van der Waals surface area contributed by atoms with Gasteiger partial charge < -0.3 is 14.6 Å². The highest BCUT2D eigenvalue weighted by Crippen LogP contribution is 2.23. The van der Waals surface area contributed by atoms with E-state index in [1.165, 1.54) is 0 Å². The van der Waals surface area contributed by atoms with Crippen LogP contribution in [0.4, 0.5) is 0 Å². The highest BCUT2D eigenvalue weighted by molar-refractivity contribution is 4.74. The average molecular weight is 216 g/mol. The molecule has 1 N–H and O–H groups in total. The molecule has 1 rings (SSSR count). The van der Waals surface area contributed by atoms with Crippen LogP contribution in [0.3, 0.4) is 0 Å². The van der Waals surface area contributed by atoms with E-state index in [2.05, 4.69) is 6.92 Å². The third kappa shape index (κ3) is 4.49. The van der Waals surface area contributed by atoms with Crippen molar-refractivity contribution in [2.45, 2.75) is 51.2 Å². The highest BCUT2D eigenvalue weighted by atomic mass is 16.5. The third-order valence-electron chi connectivity index (χ3n) is 3.22. The predicted octanol–water partition coefficient (Wildman–Crippen LogP) is 1.98. The molecular formula is C12H24O3. The van der Waals surface area contributed by atoms with Gasteiger partial charge in [0.1, 0.15) is 0 Å². The van der Waals surface area contributed by atoms with E-state index in [1.54, 1.807) is 7.11 Å². The van der Waals surface area contributed by atoms with Gasteiger partial charge in [0.15, 0.2) is 0 Å². The van der Waals surface area contributed by atoms with Crippen LogP contribution >= 0.6 is 0 Å². The quantitative estimate of drug-likeness (QED) is 0.738. The Balaban J connectivity index is 2.27. The first-order valence-electron chi connectivity index (χ1n) is 6.06. The molecule has 0 amide bonds. The SMILES string of the molecule is CCCC(OC)C(O)CC1CCOCC1. The molecule has 0 bridgehead atoms. The summed E-state index contributed by atoms with van der Waals surface area (Å²) in [4.78, 5) is 0. The largest absolute Gasteiger partial charge is 0.390 e. The van der Waals surface area contributed by atoms with E-state index in [4.69, 9.17) is 9.47 Å². The molecule has 1 fully saturated rings. The Hall–Kier alpha value is -0.120. The number of rotatable bonds is 6. The zero-order valence-corrected chi connectivity index (χ0v) is 9.95. The number of methoxy groups -OCH3 is 1. The fraction of sp³-hybridized carbons (Fsp3) is 1.00. The van der Waals surface area contributed by atoms with Gasteiger partial charge in [0, 0.05) is 20.3 Å². The van der Waals surface area contributed by atoms with Gasteiger partial charge in [0.25, 0.3) is 0 Å². The average Bonchev–Trinajstić information content (AvgIpc) is 2.27. The van der Waals surface area contributed by atoms with Crippen LogP contribution in [-0.2, 0) is 9.47 Å². The molecule has 2 atom stereocenters. The third-order valence-corrected chi connectivity index (χ3v) is 3.22. The van der Waals surface area contributed by atoms with E-state index in [0.717, 1.165) is 45.3 Å². The van der Waals surface area contributed by atoms with Crippen LogP contribution in [0.5, 0.6) is 0 Å². The summed E-state index contributed by atoms with van der Waals surface area (Å²) in [6.45, 7) is 3.82. The second-order valence-corrected chi connectivity index (χ2v) is 4.42. The minimum absolute atomic E-state index is 0.0119. The van der Waals surface area contributed by atoms with E-state index >= 15 is 0 Å². The molecule has 0 spiro atoms. The summed E-state index contributed by atoms with van der Waals surface area (Å²) in [5.74, 6) is 0.614. The lowest BCUT2D eigenvalue weighted by Gasteiger charge is -2.27. The Morgan fingerprint density at radius 2 is 2.07 bits per heavy atom. The van der Waals surface area contributed by atoms with Crippen molar-refractivity contribution in [3.8, 4) is 0 Å². The summed E-state index contributed by atoms with van der Waals surface area (Å²) >= 11 is 0. The van der Waals surface area contributed by atoms with E-state index in [-0.39, 0.29) is 12.2 Å². The van der Waals surface area contributed by atoms with Gasteiger partial charge in [-0.05, 0) is 31.6 Å². The maximum Gasteiger partial charge on any atom is 0.0830 e. The Bertz CT molecular complexity index is 155. The van der Waals surface area contributed by atoms with Crippen LogP contribution in [0.15, 0.2) is 0 Å². The summed E-state index contributed by atoms with van der Waals surface area (Å²) in [5, 5.41) is 10.0. The molecule has 1 aliphatic rings. The normalized spacial score (nSPS) is 22.6. The van der Waals surface area contributed by atoms with Gasteiger partial charge in [-0.25, -0.2) is 0 Å². The second kappa shape index (κ2) is 7.20. The smallest absolute Gasteiger partial charge is 0.0830 e. The molecular weight excluding hydrogens is 192 g/mol. The molecule has 0 aromatic carbocycles. The van der Waals surface area contributed by atoms with Crippen molar-refractivity contribution in [3.63, 3.8) is 0 Å². The summed E-state index contributed by atoms with van der Waals surface area (Å²) in [6.07, 6.45) is 4.74. The molecule has 90 valence electrons. The van der Waals surface area contributed by atoms with Gasteiger partial charge in [-0.2, -0.15) is 0 Å².